The second-order valence-corrected chi connectivity index (χ2v) is 11.8. The van der Waals surface area contributed by atoms with Crippen molar-refractivity contribution in [1.82, 2.24) is 0 Å². The van der Waals surface area contributed by atoms with Crippen LogP contribution in [0.15, 0.2) is 88.8 Å². The third-order valence-corrected chi connectivity index (χ3v) is 8.83. The highest BCUT2D eigenvalue weighted by atomic mass is 32.2. The maximum absolute atomic E-state index is 13.2. The van der Waals surface area contributed by atoms with Crippen LogP contribution in [0.5, 0.6) is 0 Å². The highest BCUT2D eigenvalue weighted by Crippen LogP contribution is 2.26. The highest BCUT2D eigenvalue weighted by molar-refractivity contribution is 8.00. The first kappa shape index (κ1) is 26.0. The molecule has 36 heavy (non-hydrogen) atoms. The summed E-state index contributed by atoms with van der Waals surface area (Å²) in [6.07, 6.45) is 3.58. The van der Waals surface area contributed by atoms with Crippen LogP contribution in [-0.4, -0.2) is 44.7 Å². The summed E-state index contributed by atoms with van der Waals surface area (Å²) in [6.45, 7) is 0. The quantitative estimate of drug-likeness (QED) is 0.353. The number of hydrogen-bond acceptors (Lipinski definition) is 7. The molecule has 3 aromatic carbocycles. The number of esters is 1. The van der Waals surface area contributed by atoms with Gasteiger partial charge in [-0.25, -0.2) is 8.42 Å². The molecule has 4 rings (SSSR count). The Hall–Kier alpha value is -3.10. The van der Waals surface area contributed by atoms with Crippen molar-refractivity contribution in [3.05, 3.63) is 95.6 Å². The monoisotopic (exact) mass is 522 g/mol. The number of sulfone groups is 1. The number of carbonyl (C=O) groups excluding carboxylic acids is 1. The van der Waals surface area contributed by atoms with Crippen LogP contribution >= 0.6 is 11.8 Å². The number of anilines is 1. The molecule has 1 aliphatic rings. The molecular formula is C28H30N2O4S2. The number of aliphatic imine (C=N–C) groups is 1. The molecule has 3 aromatic rings. The molecule has 0 saturated carbocycles. The minimum absolute atomic E-state index is 0.0114. The number of nitrogens with one attached hydrogen (secondary N) is 1. The fraction of sp³-hybridized carbons (Fsp3) is 0.286. The summed E-state index contributed by atoms with van der Waals surface area (Å²) >= 11 is 1.76. The molecule has 0 fully saturated rings. The van der Waals surface area contributed by atoms with Crippen molar-refractivity contribution in [3.63, 3.8) is 0 Å². The summed E-state index contributed by atoms with van der Waals surface area (Å²) in [5, 5.41) is 3.42. The predicted octanol–water partition coefficient (Wildman–Crippen LogP) is 5.11. The van der Waals surface area contributed by atoms with E-state index in [1.54, 1.807) is 23.9 Å². The second-order valence-electron chi connectivity index (χ2n) is 8.68. The molecule has 2 unspecified atom stereocenters. The van der Waals surface area contributed by atoms with Crippen LogP contribution in [0.25, 0.3) is 0 Å². The SMILES string of the molecule is COC(=O)CC(CS(=O)(=O)c1ccc(CCc2cccc(NC3N=CCS3)c2)cc1)c1ccccc1. The first-order valence-corrected chi connectivity index (χ1v) is 14.6. The van der Waals surface area contributed by atoms with Gasteiger partial charge in [0.05, 0.1) is 24.2 Å². The van der Waals surface area contributed by atoms with Gasteiger partial charge in [0.25, 0.3) is 0 Å². The maximum atomic E-state index is 13.2. The van der Waals surface area contributed by atoms with Gasteiger partial charge in [-0.1, -0.05) is 54.6 Å². The van der Waals surface area contributed by atoms with Gasteiger partial charge in [0.1, 0.15) is 0 Å². The van der Waals surface area contributed by atoms with Gasteiger partial charge in [0.2, 0.25) is 0 Å². The fourth-order valence-corrected chi connectivity index (χ4v) is 6.48. The minimum atomic E-state index is -3.59. The number of carbonyl (C=O) groups is 1. The summed E-state index contributed by atoms with van der Waals surface area (Å²) in [5.41, 5.74) is 4.20. The van der Waals surface area contributed by atoms with E-state index < -0.39 is 21.7 Å². The number of methoxy groups -OCH3 is 1. The maximum Gasteiger partial charge on any atom is 0.306 e. The van der Waals surface area contributed by atoms with Crippen molar-refractivity contribution in [2.24, 2.45) is 4.99 Å². The summed E-state index contributed by atoms with van der Waals surface area (Å²) < 4.78 is 31.2. The van der Waals surface area contributed by atoms with Crippen LogP contribution < -0.4 is 5.32 Å². The Labute approximate surface area is 217 Å². The average molecular weight is 523 g/mol. The third kappa shape index (κ3) is 7.21. The van der Waals surface area contributed by atoms with Crippen molar-refractivity contribution in [2.75, 3.05) is 23.9 Å². The normalized spacial score (nSPS) is 16.0. The van der Waals surface area contributed by atoms with Crippen LogP contribution in [-0.2, 0) is 32.2 Å². The van der Waals surface area contributed by atoms with E-state index in [4.69, 9.17) is 4.74 Å². The molecule has 188 valence electrons. The van der Waals surface area contributed by atoms with E-state index in [2.05, 4.69) is 22.4 Å². The first-order valence-electron chi connectivity index (χ1n) is 11.8. The lowest BCUT2D eigenvalue weighted by Crippen LogP contribution is -2.19. The van der Waals surface area contributed by atoms with Crippen molar-refractivity contribution < 1.29 is 17.9 Å². The van der Waals surface area contributed by atoms with Crippen LogP contribution in [0.4, 0.5) is 5.69 Å². The zero-order chi connectivity index (χ0) is 25.4. The van der Waals surface area contributed by atoms with Gasteiger partial charge < -0.3 is 10.1 Å². The molecule has 6 nitrogen and oxygen atoms in total. The van der Waals surface area contributed by atoms with E-state index in [0.717, 1.165) is 35.4 Å². The van der Waals surface area contributed by atoms with Gasteiger partial charge in [-0.2, -0.15) is 0 Å². The average Bonchev–Trinajstić information content (AvgIpc) is 3.41. The van der Waals surface area contributed by atoms with Crippen molar-refractivity contribution in [2.45, 2.75) is 35.6 Å². The smallest absolute Gasteiger partial charge is 0.306 e. The Kier molecular flexibility index (Phi) is 8.83. The van der Waals surface area contributed by atoms with Gasteiger partial charge >= 0.3 is 5.97 Å². The topological polar surface area (TPSA) is 84.8 Å². The van der Waals surface area contributed by atoms with E-state index in [1.807, 2.05) is 60.8 Å². The summed E-state index contributed by atoms with van der Waals surface area (Å²) in [5.74, 6) is -0.128. The molecule has 1 heterocycles. The van der Waals surface area contributed by atoms with E-state index in [1.165, 1.54) is 12.7 Å². The minimum Gasteiger partial charge on any atom is -0.469 e. The lowest BCUT2D eigenvalue weighted by Gasteiger charge is -2.17. The number of hydrogen-bond donors (Lipinski definition) is 1. The molecule has 8 heteroatoms. The van der Waals surface area contributed by atoms with E-state index >= 15 is 0 Å². The number of benzene rings is 3. The molecule has 0 amide bonds. The molecule has 0 bridgehead atoms. The van der Waals surface area contributed by atoms with E-state index in [0.29, 0.717) is 0 Å². The van der Waals surface area contributed by atoms with Crippen molar-refractivity contribution >= 4 is 39.5 Å². The van der Waals surface area contributed by atoms with Crippen LogP contribution in [0.1, 0.15) is 29.0 Å². The Bertz CT molecular complexity index is 1290. The number of ether oxygens (including phenoxy) is 1. The molecule has 1 N–H and O–H groups in total. The van der Waals surface area contributed by atoms with Gasteiger partial charge in [0, 0.05) is 23.6 Å². The molecule has 0 radical (unpaired) electrons. The fourth-order valence-electron chi connectivity index (χ4n) is 4.15. The van der Waals surface area contributed by atoms with Gasteiger partial charge in [-0.05, 0) is 53.8 Å². The van der Waals surface area contributed by atoms with Crippen LogP contribution in [0, 0.1) is 0 Å². The van der Waals surface area contributed by atoms with Crippen LogP contribution in [0.2, 0.25) is 0 Å². The Morgan fingerprint density at radius 1 is 1.03 bits per heavy atom. The van der Waals surface area contributed by atoms with E-state index in [9.17, 15) is 13.2 Å². The zero-order valence-electron chi connectivity index (χ0n) is 20.2. The van der Waals surface area contributed by atoms with Gasteiger partial charge in [0.15, 0.2) is 15.3 Å². The third-order valence-electron chi connectivity index (χ3n) is 6.10. The summed E-state index contributed by atoms with van der Waals surface area (Å²) in [4.78, 5) is 16.6. The van der Waals surface area contributed by atoms with Gasteiger partial charge in [-0.3, -0.25) is 9.79 Å². The molecule has 0 aliphatic carbocycles. The Balaban J connectivity index is 1.39. The molecule has 0 saturated heterocycles. The second kappa shape index (κ2) is 12.2. The number of aryl methyl sites for hydroxylation is 2. The van der Waals surface area contributed by atoms with Crippen LogP contribution in [0.3, 0.4) is 0 Å². The highest BCUT2D eigenvalue weighted by Gasteiger charge is 2.25. The zero-order valence-corrected chi connectivity index (χ0v) is 21.8. The summed E-state index contributed by atoms with van der Waals surface area (Å²) in [7, 11) is -2.28. The predicted molar refractivity (Wildman–Crippen MR) is 147 cm³/mol. The number of nitrogens with zero attached hydrogens (tertiary/aromatic N) is 1. The largest absolute Gasteiger partial charge is 0.469 e. The lowest BCUT2D eigenvalue weighted by molar-refractivity contribution is -0.140. The Morgan fingerprint density at radius 2 is 1.78 bits per heavy atom. The first-order chi connectivity index (χ1) is 17.4. The van der Waals surface area contributed by atoms with Crippen molar-refractivity contribution in [1.29, 1.82) is 0 Å². The van der Waals surface area contributed by atoms with E-state index in [-0.39, 0.29) is 22.6 Å². The number of thioether (sulfide) groups is 1. The molecular weight excluding hydrogens is 492 g/mol. The summed E-state index contributed by atoms with van der Waals surface area (Å²) in [6, 6.07) is 24.6. The van der Waals surface area contributed by atoms with Crippen molar-refractivity contribution in [3.8, 4) is 0 Å². The molecule has 0 spiro atoms. The molecule has 0 aromatic heterocycles. The lowest BCUT2D eigenvalue weighted by atomic mass is 9.98. The standard InChI is InChI=1S/C28H30N2O4S2/c1-34-27(31)19-24(23-7-3-2-4-8-23)20-36(32,33)26-14-12-21(13-15-26)10-11-22-6-5-9-25(18-22)30-28-29-16-17-35-28/h2-9,12-16,18,24,28,30H,10-11,17,19-20H2,1H3. The Morgan fingerprint density at radius 3 is 2.47 bits per heavy atom. The molecule has 1 aliphatic heterocycles. The molecule has 2 atom stereocenters. The number of rotatable bonds is 11. The van der Waals surface area contributed by atoms with Gasteiger partial charge in [-0.15, -0.1) is 11.8 Å².